The zero-order valence-corrected chi connectivity index (χ0v) is 11.3. The second kappa shape index (κ2) is 6.11. The van der Waals surface area contributed by atoms with E-state index in [1.54, 1.807) is 13.0 Å². The van der Waals surface area contributed by atoms with Crippen LogP contribution in [0.4, 0.5) is 19.3 Å². The summed E-state index contributed by atoms with van der Waals surface area (Å²) in [7, 11) is 0. The fourth-order valence-electron chi connectivity index (χ4n) is 2.38. The lowest BCUT2D eigenvalue weighted by atomic mass is 10.0. The second-order valence-corrected chi connectivity index (χ2v) is 5.16. The van der Waals surface area contributed by atoms with E-state index in [4.69, 9.17) is 0 Å². The molecule has 2 amide bonds. The van der Waals surface area contributed by atoms with Gasteiger partial charge < -0.3 is 10.6 Å². The van der Waals surface area contributed by atoms with Gasteiger partial charge in [-0.2, -0.15) is 10.2 Å². The third-order valence-electron chi connectivity index (χ3n) is 3.50. The number of carbonyl (C=O) groups excluding carboxylic acids is 1. The lowest BCUT2D eigenvalue weighted by molar-refractivity contribution is 0.00478. The van der Waals surface area contributed by atoms with Crippen molar-refractivity contribution in [2.24, 2.45) is 5.92 Å². The molecule has 5 nitrogen and oxygen atoms in total. The number of amides is 2. The summed E-state index contributed by atoms with van der Waals surface area (Å²) in [5, 5.41) is 12.8. The van der Waals surface area contributed by atoms with E-state index in [0.717, 1.165) is 0 Å². The highest BCUT2D eigenvalue weighted by molar-refractivity contribution is 5.89. The van der Waals surface area contributed by atoms with Gasteiger partial charge in [0.15, 0.2) is 0 Å². The Morgan fingerprint density at radius 2 is 2.35 bits per heavy atom. The lowest BCUT2D eigenvalue weighted by Gasteiger charge is -2.12. The van der Waals surface area contributed by atoms with Crippen molar-refractivity contribution in [1.29, 1.82) is 0 Å². The summed E-state index contributed by atoms with van der Waals surface area (Å²) in [5.74, 6) is -2.53. The number of nitrogens with zero attached hydrogens (tertiary/aromatic N) is 2. The van der Waals surface area contributed by atoms with E-state index in [0.29, 0.717) is 30.8 Å². The van der Waals surface area contributed by atoms with Crippen LogP contribution in [0.3, 0.4) is 0 Å². The molecule has 1 aromatic heterocycles. The molecule has 1 aromatic rings. The molecule has 1 aliphatic carbocycles. The van der Waals surface area contributed by atoms with Crippen molar-refractivity contribution in [2.45, 2.75) is 38.5 Å². The van der Waals surface area contributed by atoms with Gasteiger partial charge in [0, 0.05) is 19.4 Å². The monoisotopic (exact) mass is 284 g/mol. The summed E-state index contributed by atoms with van der Waals surface area (Å²) in [4.78, 5) is 11.6. The van der Waals surface area contributed by atoms with Gasteiger partial charge in [0.05, 0.1) is 17.6 Å². The second-order valence-electron chi connectivity index (χ2n) is 5.16. The van der Waals surface area contributed by atoms with E-state index in [9.17, 15) is 13.6 Å². The molecule has 1 aliphatic rings. The van der Waals surface area contributed by atoms with Crippen molar-refractivity contribution in [2.75, 3.05) is 11.9 Å². The van der Waals surface area contributed by atoms with Crippen molar-refractivity contribution < 1.29 is 13.6 Å². The number of aromatic nitrogens is 2. The molecule has 20 heavy (non-hydrogen) atoms. The molecular weight excluding hydrogens is 266 g/mol. The van der Waals surface area contributed by atoms with Gasteiger partial charge in [0.2, 0.25) is 5.92 Å². The molecule has 0 saturated heterocycles. The summed E-state index contributed by atoms with van der Waals surface area (Å²) in [6, 6.07) is 1.30. The van der Waals surface area contributed by atoms with Crippen LogP contribution in [-0.2, 0) is 0 Å². The molecule has 110 valence electrons. The van der Waals surface area contributed by atoms with Gasteiger partial charge in [-0.3, -0.25) is 0 Å². The van der Waals surface area contributed by atoms with E-state index >= 15 is 0 Å². The fourth-order valence-corrected chi connectivity index (χ4v) is 2.38. The average Bonchev–Trinajstić information content (AvgIpc) is 2.72. The van der Waals surface area contributed by atoms with E-state index in [1.165, 1.54) is 6.20 Å². The first kappa shape index (κ1) is 14.6. The zero-order chi connectivity index (χ0) is 14.6. The molecule has 7 heteroatoms. The normalized spacial score (nSPS) is 20.6. The Morgan fingerprint density at radius 3 is 3.00 bits per heavy atom. The van der Waals surface area contributed by atoms with Crippen LogP contribution in [0.1, 0.15) is 31.4 Å². The maximum atomic E-state index is 13.0. The standard InChI is InChI=1S/C13H18F2N4O/c1-9-11(4-7-17-19-9)18-12(20)16-6-3-10-2-5-13(14,15)8-10/h4,7,10H,2-3,5-6,8H2,1H3,(H2,16,17,18,20). The van der Waals surface area contributed by atoms with E-state index in [1.807, 2.05) is 0 Å². The maximum Gasteiger partial charge on any atom is 0.319 e. The number of anilines is 1. The lowest BCUT2D eigenvalue weighted by Crippen LogP contribution is -2.30. The summed E-state index contributed by atoms with van der Waals surface area (Å²) in [5.41, 5.74) is 1.21. The third kappa shape index (κ3) is 4.11. The molecule has 2 rings (SSSR count). The molecule has 1 saturated carbocycles. The maximum absolute atomic E-state index is 13.0. The average molecular weight is 284 g/mol. The van der Waals surface area contributed by atoms with Crippen LogP contribution in [0.25, 0.3) is 0 Å². The van der Waals surface area contributed by atoms with E-state index in [2.05, 4.69) is 20.8 Å². The largest absolute Gasteiger partial charge is 0.338 e. The van der Waals surface area contributed by atoms with Crippen LogP contribution in [-0.4, -0.2) is 28.7 Å². The number of alkyl halides is 2. The highest BCUT2D eigenvalue weighted by atomic mass is 19.3. The Bertz CT molecular complexity index is 481. The van der Waals surface area contributed by atoms with Gasteiger partial charge in [-0.1, -0.05) is 0 Å². The smallest absolute Gasteiger partial charge is 0.319 e. The van der Waals surface area contributed by atoms with Crippen LogP contribution in [0.15, 0.2) is 12.3 Å². The van der Waals surface area contributed by atoms with Crippen LogP contribution < -0.4 is 10.6 Å². The molecule has 0 spiro atoms. The minimum atomic E-state index is -2.52. The van der Waals surface area contributed by atoms with Crippen molar-refractivity contribution in [3.05, 3.63) is 18.0 Å². The van der Waals surface area contributed by atoms with E-state index in [-0.39, 0.29) is 24.8 Å². The minimum absolute atomic E-state index is 0.00497. The van der Waals surface area contributed by atoms with Gasteiger partial charge in [-0.05, 0) is 31.7 Å². The number of carbonyl (C=O) groups is 1. The van der Waals surface area contributed by atoms with Crippen molar-refractivity contribution in [3.8, 4) is 0 Å². The topological polar surface area (TPSA) is 66.9 Å². The Kier molecular flexibility index (Phi) is 4.46. The van der Waals surface area contributed by atoms with Crippen molar-refractivity contribution in [3.63, 3.8) is 0 Å². The van der Waals surface area contributed by atoms with Gasteiger partial charge in [0.25, 0.3) is 0 Å². The molecule has 0 radical (unpaired) electrons. The first-order valence-corrected chi connectivity index (χ1v) is 6.67. The summed E-state index contributed by atoms with van der Waals surface area (Å²) in [6.45, 7) is 2.13. The molecule has 1 atom stereocenters. The minimum Gasteiger partial charge on any atom is -0.338 e. The van der Waals surface area contributed by atoms with Crippen LogP contribution in [0, 0.1) is 12.8 Å². The molecule has 0 bridgehead atoms. The Labute approximate surface area is 116 Å². The zero-order valence-electron chi connectivity index (χ0n) is 11.3. The van der Waals surface area contributed by atoms with Crippen LogP contribution >= 0.6 is 0 Å². The number of hydrogen-bond donors (Lipinski definition) is 2. The molecule has 1 unspecified atom stereocenters. The number of urea groups is 1. The SMILES string of the molecule is Cc1nnccc1NC(=O)NCCC1CCC(F)(F)C1. The molecular formula is C13H18F2N4O. The summed E-state index contributed by atoms with van der Waals surface area (Å²) < 4.78 is 26.0. The van der Waals surface area contributed by atoms with Gasteiger partial charge >= 0.3 is 6.03 Å². The molecule has 1 heterocycles. The number of nitrogens with one attached hydrogen (secondary N) is 2. The number of halogens is 2. The predicted molar refractivity (Wildman–Crippen MR) is 70.7 cm³/mol. The number of aryl methyl sites for hydroxylation is 1. The molecule has 0 aliphatic heterocycles. The summed E-state index contributed by atoms with van der Waals surface area (Å²) in [6.07, 6.45) is 2.50. The van der Waals surface area contributed by atoms with Gasteiger partial charge in [-0.15, -0.1) is 0 Å². The highest BCUT2D eigenvalue weighted by Gasteiger charge is 2.38. The van der Waals surface area contributed by atoms with Gasteiger partial charge in [0.1, 0.15) is 0 Å². The van der Waals surface area contributed by atoms with E-state index < -0.39 is 5.92 Å². The first-order chi connectivity index (χ1) is 9.46. The van der Waals surface area contributed by atoms with Crippen LogP contribution in [0.5, 0.6) is 0 Å². The number of rotatable bonds is 4. The highest BCUT2D eigenvalue weighted by Crippen LogP contribution is 2.39. The Hall–Kier alpha value is -1.79. The predicted octanol–water partition coefficient (Wildman–Crippen LogP) is 2.73. The first-order valence-electron chi connectivity index (χ1n) is 6.67. The quantitative estimate of drug-likeness (QED) is 0.893. The fraction of sp³-hybridized carbons (Fsp3) is 0.615. The molecule has 0 aromatic carbocycles. The van der Waals surface area contributed by atoms with Crippen LogP contribution in [0.2, 0.25) is 0 Å². The molecule has 1 fully saturated rings. The van der Waals surface area contributed by atoms with Gasteiger partial charge in [-0.25, -0.2) is 13.6 Å². The summed E-state index contributed by atoms with van der Waals surface area (Å²) >= 11 is 0. The Balaban J connectivity index is 1.70. The molecule has 2 N–H and O–H groups in total. The third-order valence-corrected chi connectivity index (χ3v) is 3.50. The van der Waals surface area contributed by atoms with Crippen molar-refractivity contribution >= 4 is 11.7 Å². The Morgan fingerprint density at radius 1 is 1.55 bits per heavy atom. The van der Waals surface area contributed by atoms with Crippen molar-refractivity contribution in [1.82, 2.24) is 15.5 Å². The number of hydrogen-bond acceptors (Lipinski definition) is 3.